The van der Waals surface area contributed by atoms with E-state index in [0.717, 1.165) is 21.6 Å². The Morgan fingerprint density at radius 1 is 1.16 bits per heavy atom. The third-order valence-corrected chi connectivity index (χ3v) is 5.34. The van der Waals surface area contributed by atoms with Gasteiger partial charge in [-0.05, 0) is 31.9 Å². The molecule has 25 heavy (non-hydrogen) atoms. The van der Waals surface area contributed by atoms with Crippen LogP contribution >= 0.6 is 11.3 Å². The van der Waals surface area contributed by atoms with Gasteiger partial charge in [-0.15, -0.1) is 11.3 Å². The number of thiophene rings is 1. The van der Waals surface area contributed by atoms with Crippen molar-refractivity contribution in [2.75, 3.05) is 18.9 Å². The van der Waals surface area contributed by atoms with E-state index < -0.39 is 0 Å². The maximum absolute atomic E-state index is 12.5. The van der Waals surface area contributed by atoms with Gasteiger partial charge in [0.05, 0.1) is 11.9 Å². The van der Waals surface area contributed by atoms with Crippen molar-refractivity contribution < 1.29 is 4.79 Å². The molecule has 0 aliphatic carbocycles. The summed E-state index contributed by atoms with van der Waals surface area (Å²) in [6.45, 7) is 6.83. The second-order valence-electron chi connectivity index (χ2n) is 6.17. The molecular weight excluding hydrogens is 332 g/mol. The normalized spacial score (nSPS) is 10.9. The van der Waals surface area contributed by atoms with E-state index in [4.69, 9.17) is 0 Å². The van der Waals surface area contributed by atoms with Crippen molar-refractivity contribution in [3.05, 3.63) is 52.2 Å². The Balaban J connectivity index is 1.73. The number of nitrogens with zero attached hydrogens (tertiary/aromatic N) is 3. The van der Waals surface area contributed by atoms with Gasteiger partial charge in [-0.25, -0.2) is 9.97 Å². The van der Waals surface area contributed by atoms with Crippen LogP contribution in [-0.4, -0.2) is 34.4 Å². The molecule has 1 amide bonds. The van der Waals surface area contributed by atoms with Gasteiger partial charge < -0.3 is 10.2 Å². The number of nitrogens with one attached hydrogen (secondary N) is 1. The number of likely N-dealkylation sites (N-methyl/N-ethyl adjacent to an activating group) is 1. The number of hydrogen-bond acceptors (Lipinski definition) is 5. The zero-order valence-corrected chi connectivity index (χ0v) is 15.8. The van der Waals surface area contributed by atoms with Crippen LogP contribution in [0.1, 0.15) is 21.8 Å². The van der Waals surface area contributed by atoms with E-state index in [1.807, 2.05) is 44.3 Å². The zero-order valence-electron chi connectivity index (χ0n) is 15.0. The molecule has 0 unspecified atom stereocenters. The number of aryl methyl sites for hydroxylation is 3. The van der Waals surface area contributed by atoms with Gasteiger partial charge in [-0.1, -0.05) is 30.3 Å². The molecule has 0 fully saturated rings. The Morgan fingerprint density at radius 3 is 2.60 bits per heavy atom. The first kappa shape index (κ1) is 17.4. The van der Waals surface area contributed by atoms with E-state index in [0.29, 0.717) is 12.4 Å². The van der Waals surface area contributed by atoms with Gasteiger partial charge in [0.25, 0.3) is 0 Å². The van der Waals surface area contributed by atoms with Gasteiger partial charge in [0.15, 0.2) is 0 Å². The molecule has 5 nitrogen and oxygen atoms in total. The largest absolute Gasteiger partial charge is 0.360 e. The molecule has 2 aromatic heterocycles. The van der Waals surface area contributed by atoms with Crippen LogP contribution < -0.4 is 5.32 Å². The highest BCUT2D eigenvalue weighted by Gasteiger charge is 2.15. The molecule has 0 saturated heterocycles. The van der Waals surface area contributed by atoms with Gasteiger partial charge in [0.1, 0.15) is 16.5 Å². The number of anilines is 1. The lowest BCUT2D eigenvalue weighted by Crippen LogP contribution is -2.32. The zero-order chi connectivity index (χ0) is 18.0. The first-order valence-electron chi connectivity index (χ1n) is 8.22. The lowest BCUT2D eigenvalue weighted by atomic mass is 10.2. The summed E-state index contributed by atoms with van der Waals surface area (Å²) in [6.07, 6.45) is 0. The molecule has 1 N–H and O–H groups in total. The molecule has 6 heteroatoms. The molecule has 3 rings (SSSR count). The van der Waals surface area contributed by atoms with Gasteiger partial charge in [-0.3, -0.25) is 4.79 Å². The molecule has 0 saturated carbocycles. The fourth-order valence-electron chi connectivity index (χ4n) is 2.72. The van der Waals surface area contributed by atoms with E-state index in [9.17, 15) is 4.79 Å². The Kier molecular flexibility index (Phi) is 4.99. The predicted octanol–water partition coefficient (Wildman–Crippen LogP) is 3.69. The highest BCUT2D eigenvalue weighted by Crippen LogP contribution is 2.33. The highest BCUT2D eigenvalue weighted by molar-refractivity contribution is 7.18. The number of rotatable bonds is 5. The van der Waals surface area contributed by atoms with Crippen molar-refractivity contribution in [2.24, 2.45) is 0 Å². The van der Waals surface area contributed by atoms with Crippen molar-refractivity contribution in [3.8, 4) is 0 Å². The summed E-state index contributed by atoms with van der Waals surface area (Å²) in [7, 11) is 1.82. The molecule has 2 heterocycles. The number of carbonyl (C=O) groups is 1. The van der Waals surface area contributed by atoms with Gasteiger partial charge in [-0.2, -0.15) is 0 Å². The van der Waals surface area contributed by atoms with Crippen LogP contribution in [0.15, 0.2) is 30.3 Å². The molecule has 0 aliphatic heterocycles. The van der Waals surface area contributed by atoms with Crippen LogP contribution in [0.2, 0.25) is 0 Å². The van der Waals surface area contributed by atoms with Crippen LogP contribution in [0.25, 0.3) is 10.2 Å². The smallest absolute Gasteiger partial charge is 0.241 e. The standard InChI is InChI=1S/C19H22N4OS/c1-12-13(2)25-19-17(12)18(21-14(3)22-19)20-10-16(24)23(4)11-15-8-6-5-7-9-15/h5-9H,10-11H2,1-4H3,(H,20,21,22). The van der Waals surface area contributed by atoms with Crippen molar-refractivity contribution in [2.45, 2.75) is 27.3 Å². The van der Waals surface area contributed by atoms with E-state index in [1.165, 1.54) is 10.4 Å². The minimum absolute atomic E-state index is 0.0258. The summed E-state index contributed by atoms with van der Waals surface area (Å²) in [6, 6.07) is 9.97. The highest BCUT2D eigenvalue weighted by atomic mass is 32.1. The van der Waals surface area contributed by atoms with Gasteiger partial charge >= 0.3 is 0 Å². The monoisotopic (exact) mass is 354 g/mol. The molecular formula is C19H22N4OS. The summed E-state index contributed by atoms with van der Waals surface area (Å²) >= 11 is 1.66. The third-order valence-electron chi connectivity index (χ3n) is 4.24. The van der Waals surface area contributed by atoms with E-state index in [-0.39, 0.29) is 12.5 Å². The summed E-state index contributed by atoms with van der Waals surface area (Å²) in [5.41, 5.74) is 2.29. The molecule has 0 bridgehead atoms. The Hall–Kier alpha value is -2.47. The van der Waals surface area contributed by atoms with Crippen LogP contribution in [0.4, 0.5) is 5.82 Å². The first-order chi connectivity index (χ1) is 12.0. The lowest BCUT2D eigenvalue weighted by Gasteiger charge is -2.18. The first-order valence-corrected chi connectivity index (χ1v) is 9.03. The summed E-state index contributed by atoms with van der Waals surface area (Å²) in [5.74, 6) is 1.48. The van der Waals surface area contributed by atoms with Crippen molar-refractivity contribution in [1.82, 2.24) is 14.9 Å². The van der Waals surface area contributed by atoms with Crippen molar-refractivity contribution >= 4 is 33.3 Å². The van der Waals surface area contributed by atoms with Crippen LogP contribution in [0, 0.1) is 20.8 Å². The van der Waals surface area contributed by atoms with Crippen LogP contribution in [-0.2, 0) is 11.3 Å². The number of benzene rings is 1. The number of hydrogen-bond donors (Lipinski definition) is 1. The Bertz CT molecular complexity index is 905. The number of carbonyl (C=O) groups excluding carboxylic acids is 1. The third kappa shape index (κ3) is 3.79. The maximum Gasteiger partial charge on any atom is 0.241 e. The maximum atomic E-state index is 12.5. The quantitative estimate of drug-likeness (QED) is 0.759. The minimum atomic E-state index is 0.0258. The van der Waals surface area contributed by atoms with Gasteiger partial charge in [0, 0.05) is 18.5 Å². The molecule has 0 aliphatic rings. The average molecular weight is 354 g/mol. The lowest BCUT2D eigenvalue weighted by molar-refractivity contribution is -0.128. The second kappa shape index (κ2) is 7.19. The SMILES string of the molecule is Cc1nc(NCC(=O)N(C)Cc2ccccc2)c2c(C)c(C)sc2n1. The van der Waals surface area contributed by atoms with Crippen molar-refractivity contribution in [1.29, 1.82) is 0 Å². The van der Waals surface area contributed by atoms with Gasteiger partial charge in [0.2, 0.25) is 5.91 Å². The van der Waals surface area contributed by atoms with E-state index >= 15 is 0 Å². The summed E-state index contributed by atoms with van der Waals surface area (Å²) in [5, 5.41) is 4.23. The Morgan fingerprint density at radius 2 is 1.88 bits per heavy atom. The van der Waals surface area contributed by atoms with Crippen molar-refractivity contribution in [3.63, 3.8) is 0 Å². The number of fused-ring (bicyclic) bond motifs is 1. The van der Waals surface area contributed by atoms with Crippen LogP contribution in [0.5, 0.6) is 0 Å². The Labute approximate surface area is 151 Å². The minimum Gasteiger partial charge on any atom is -0.360 e. The van der Waals surface area contributed by atoms with E-state index in [1.54, 1.807) is 16.2 Å². The number of aromatic nitrogens is 2. The predicted molar refractivity (Wildman–Crippen MR) is 103 cm³/mol. The second-order valence-corrected chi connectivity index (χ2v) is 7.37. The summed E-state index contributed by atoms with van der Waals surface area (Å²) in [4.78, 5) is 25.4. The number of amides is 1. The molecule has 0 radical (unpaired) electrons. The van der Waals surface area contributed by atoms with E-state index in [2.05, 4.69) is 29.1 Å². The molecule has 0 spiro atoms. The molecule has 3 aromatic rings. The molecule has 1 aromatic carbocycles. The average Bonchev–Trinajstić information content (AvgIpc) is 2.87. The fraction of sp³-hybridized carbons (Fsp3) is 0.316. The summed E-state index contributed by atoms with van der Waals surface area (Å²) < 4.78 is 0. The fourth-order valence-corrected chi connectivity index (χ4v) is 3.80. The molecule has 130 valence electrons. The molecule has 0 atom stereocenters. The van der Waals surface area contributed by atoms with Crippen LogP contribution in [0.3, 0.4) is 0 Å². The topological polar surface area (TPSA) is 58.1 Å².